The molecule has 0 bridgehead atoms. The standard InChI is InChI=1S/C20H22N6O/c1-23-10-14-5-4-6-15(9-14)12-26-13-16(11-24-26)25-20(27)19(22)17-7-2-3-8-18(17)21/h2-9,11,13,22-23H,10,12,21H2,1H3,(H,25,27). The summed E-state index contributed by atoms with van der Waals surface area (Å²) in [4.78, 5) is 12.3. The molecule has 2 aromatic carbocycles. The first kappa shape index (κ1) is 18.3. The van der Waals surface area contributed by atoms with E-state index in [1.807, 2.05) is 19.2 Å². The van der Waals surface area contributed by atoms with E-state index in [2.05, 4.69) is 27.9 Å². The highest BCUT2D eigenvalue weighted by molar-refractivity contribution is 6.48. The molecule has 3 rings (SSSR count). The number of carbonyl (C=O) groups is 1. The molecule has 0 atom stereocenters. The number of anilines is 2. The molecule has 0 aliphatic rings. The SMILES string of the molecule is CNCc1cccc(Cn2cc(NC(=O)C(=N)c3ccccc3N)cn2)c1. The van der Waals surface area contributed by atoms with E-state index < -0.39 is 5.91 Å². The summed E-state index contributed by atoms with van der Waals surface area (Å²) >= 11 is 0. The van der Waals surface area contributed by atoms with Crippen LogP contribution in [-0.4, -0.2) is 28.4 Å². The third kappa shape index (κ3) is 4.59. The van der Waals surface area contributed by atoms with E-state index >= 15 is 0 Å². The van der Waals surface area contributed by atoms with Crippen LogP contribution >= 0.6 is 0 Å². The molecule has 0 saturated carbocycles. The van der Waals surface area contributed by atoms with Crippen molar-refractivity contribution in [1.29, 1.82) is 5.41 Å². The Labute approximate surface area is 157 Å². The third-order valence-corrected chi connectivity index (χ3v) is 4.07. The zero-order valence-corrected chi connectivity index (χ0v) is 15.1. The minimum absolute atomic E-state index is 0.180. The molecule has 1 amide bonds. The number of benzene rings is 2. The highest BCUT2D eigenvalue weighted by Crippen LogP contribution is 2.14. The van der Waals surface area contributed by atoms with Gasteiger partial charge in [0.1, 0.15) is 5.71 Å². The average molecular weight is 362 g/mol. The molecule has 1 heterocycles. The highest BCUT2D eigenvalue weighted by atomic mass is 16.1. The molecule has 0 saturated heterocycles. The summed E-state index contributed by atoms with van der Waals surface area (Å²) in [6.07, 6.45) is 3.31. The van der Waals surface area contributed by atoms with Gasteiger partial charge in [-0.2, -0.15) is 5.10 Å². The zero-order chi connectivity index (χ0) is 19.2. The molecule has 3 aromatic rings. The molecular weight excluding hydrogens is 340 g/mol. The summed E-state index contributed by atoms with van der Waals surface area (Å²) in [6, 6.07) is 15.1. The minimum Gasteiger partial charge on any atom is -0.398 e. The second kappa shape index (κ2) is 8.29. The molecule has 27 heavy (non-hydrogen) atoms. The smallest absolute Gasteiger partial charge is 0.274 e. The predicted octanol–water partition coefficient (Wildman–Crippen LogP) is 2.24. The van der Waals surface area contributed by atoms with Gasteiger partial charge < -0.3 is 16.4 Å². The second-order valence-corrected chi connectivity index (χ2v) is 6.19. The molecule has 0 aliphatic carbocycles. The van der Waals surface area contributed by atoms with Crippen LogP contribution in [0.5, 0.6) is 0 Å². The van der Waals surface area contributed by atoms with E-state index in [0.717, 1.165) is 12.1 Å². The van der Waals surface area contributed by atoms with Gasteiger partial charge in [0.15, 0.2) is 0 Å². The van der Waals surface area contributed by atoms with E-state index in [1.165, 1.54) is 5.56 Å². The zero-order valence-electron chi connectivity index (χ0n) is 15.1. The van der Waals surface area contributed by atoms with Gasteiger partial charge in [-0.25, -0.2) is 0 Å². The van der Waals surface area contributed by atoms with Crippen molar-refractivity contribution < 1.29 is 4.79 Å². The monoisotopic (exact) mass is 362 g/mol. The Morgan fingerprint density at radius 1 is 1.19 bits per heavy atom. The molecule has 0 radical (unpaired) electrons. The normalized spacial score (nSPS) is 10.6. The lowest BCUT2D eigenvalue weighted by Crippen LogP contribution is -2.23. The van der Waals surface area contributed by atoms with Gasteiger partial charge in [-0.05, 0) is 24.2 Å². The summed E-state index contributed by atoms with van der Waals surface area (Å²) in [6.45, 7) is 1.40. The largest absolute Gasteiger partial charge is 0.398 e. The van der Waals surface area contributed by atoms with Crippen LogP contribution in [0.2, 0.25) is 0 Å². The van der Waals surface area contributed by atoms with E-state index in [4.69, 9.17) is 11.1 Å². The van der Waals surface area contributed by atoms with Crippen molar-refractivity contribution >= 4 is 23.0 Å². The summed E-state index contributed by atoms with van der Waals surface area (Å²) in [5, 5.41) is 18.2. The number of carbonyl (C=O) groups excluding carboxylic acids is 1. The molecule has 1 aromatic heterocycles. The van der Waals surface area contributed by atoms with Crippen molar-refractivity contribution in [2.45, 2.75) is 13.1 Å². The molecule has 138 valence electrons. The lowest BCUT2D eigenvalue weighted by atomic mass is 10.1. The van der Waals surface area contributed by atoms with Crippen LogP contribution in [0.25, 0.3) is 0 Å². The first-order chi connectivity index (χ1) is 13.1. The van der Waals surface area contributed by atoms with Gasteiger partial charge in [-0.1, -0.05) is 42.5 Å². The molecule has 7 nitrogen and oxygen atoms in total. The Morgan fingerprint density at radius 3 is 2.74 bits per heavy atom. The van der Waals surface area contributed by atoms with Crippen LogP contribution in [0.1, 0.15) is 16.7 Å². The number of nitrogens with two attached hydrogens (primary N) is 1. The quantitative estimate of drug-likeness (QED) is 0.382. The number of nitrogen functional groups attached to an aromatic ring is 1. The Hall–Kier alpha value is -3.45. The Kier molecular flexibility index (Phi) is 5.63. The molecule has 0 spiro atoms. The van der Waals surface area contributed by atoms with Crippen LogP contribution in [0.3, 0.4) is 0 Å². The lowest BCUT2D eigenvalue weighted by Gasteiger charge is -2.07. The Bertz CT molecular complexity index is 962. The first-order valence-electron chi connectivity index (χ1n) is 8.56. The number of rotatable bonds is 7. The molecule has 0 fully saturated rings. The van der Waals surface area contributed by atoms with Gasteiger partial charge >= 0.3 is 0 Å². The van der Waals surface area contributed by atoms with E-state index in [1.54, 1.807) is 41.3 Å². The van der Waals surface area contributed by atoms with Gasteiger partial charge in [0.25, 0.3) is 5.91 Å². The van der Waals surface area contributed by atoms with Crippen LogP contribution in [0.15, 0.2) is 60.9 Å². The van der Waals surface area contributed by atoms with Gasteiger partial charge in [0, 0.05) is 24.0 Å². The van der Waals surface area contributed by atoms with Crippen molar-refractivity contribution in [2.75, 3.05) is 18.1 Å². The van der Waals surface area contributed by atoms with Crippen molar-refractivity contribution in [3.8, 4) is 0 Å². The number of aromatic nitrogens is 2. The van der Waals surface area contributed by atoms with Crippen molar-refractivity contribution in [1.82, 2.24) is 15.1 Å². The number of nitrogens with one attached hydrogen (secondary N) is 3. The topological polar surface area (TPSA) is 109 Å². The summed E-state index contributed by atoms with van der Waals surface area (Å²) in [7, 11) is 1.91. The second-order valence-electron chi connectivity index (χ2n) is 6.19. The van der Waals surface area contributed by atoms with E-state index in [9.17, 15) is 4.79 Å². The Morgan fingerprint density at radius 2 is 1.96 bits per heavy atom. The maximum absolute atomic E-state index is 12.3. The Balaban J connectivity index is 1.65. The fourth-order valence-corrected chi connectivity index (χ4v) is 2.78. The first-order valence-corrected chi connectivity index (χ1v) is 8.56. The lowest BCUT2D eigenvalue weighted by molar-refractivity contribution is -0.110. The molecule has 5 N–H and O–H groups in total. The maximum atomic E-state index is 12.3. The highest BCUT2D eigenvalue weighted by Gasteiger charge is 2.15. The van der Waals surface area contributed by atoms with Gasteiger partial charge in [0.2, 0.25) is 0 Å². The van der Waals surface area contributed by atoms with Gasteiger partial charge in [-0.3, -0.25) is 14.9 Å². The average Bonchev–Trinajstić information content (AvgIpc) is 3.09. The van der Waals surface area contributed by atoms with Gasteiger partial charge in [-0.15, -0.1) is 0 Å². The number of amides is 1. The van der Waals surface area contributed by atoms with E-state index in [0.29, 0.717) is 23.5 Å². The molecule has 0 unspecified atom stereocenters. The molecule has 7 heteroatoms. The summed E-state index contributed by atoms with van der Waals surface area (Å²) in [5.74, 6) is -0.525. The number of hydrogen-bond donors (Lipinski definition) is 4. The van der Waals surface area contributed by atoms with Crippen molar-refractivity contribution in [3.63, 3.8) is 0 Å². The predicted molar refractivity (Wildman–Crippen MR) is 107 cm³/mol. The van der Waals surface area contributed by atoms with Crippen LogP contribution in [0.4, 0.5) is 11.4 Å². The molecule has 0 aliphatic heterocycles. The fourth-order valence-electron chi connectivity index (χ4n) is 2.78. The molecular formula is C20H22N6O. The van der Waals surface area contributed by atoms with Crippen LogP contribution < -0.4 is 16.4 Å². The minimum atomic E-state index is -0.525. The van der Waals surface area contributed by atoms with Crippen LogP contribution in [0, 0.1) is 5.41 Å². The fraction of sp³-hybridized carbons (Fsp3) is 0.150. The van der Waals surface area contributed by atoms with Crippen molar-refractivity contribution in [2.24, 2.45) is 0 Å². The number of para-hydroxylation sites is 1. The maximum Gasteiger partial charge on any atom is 0.274 e. The number of nitrogens with zero attached hydrogens (tertiary/aromatic N) is 2. The summed E-state index contributed by atoms with van der Waals surface area (Å²) in [5.41, 5.74) is 9.31. The van der Waals surface area contributed by atoms with Crippen molar-refractivity contribution in [3.05, 3.63) is 77.6 Å². The third-order valence-electron chi connectivity index (χ3n) is 4.07. The van der Waals surface area contributed by atoms with Gasteiger partial charge in [0.05, 0.1) is 18.4 Å². The summed E-state index contributed by atoms with van der Waals surface area (Å²) < 4.78 is 1.74. The number of hydrogen-bond acceptors (Lipinski definition) is 5. The van der Waals surface area contributed by atoms with E-state index in [-0.39, 0.29) is 5.71 Å². The van der Waals surface area contributed by atoms with Crippen LogP contribution in [-0.2, 0) is 17.9 Å².